The highest BCUT2D eigenvalue weighted by molar-refractivity contribution is 5.02. The Balaban J connectivity index is 1.68. The Morgan fingerprint density at radius 3 is 2.28 bits per heavy atom. The summed E-state index contributed by atoms with van der Waals surface area (Å²) in [5.74, 6) is 6.50. The molecule has 0 nitrogen and oxygen atoms in total. The summed E-state index contributed by atoms with van der Waals surface area (Å²) < 4.78 is 0. The van der Waals surface area contributed by atoms with Crippen molar-refractivity contribution in [3.63, 3.8) is 0 Å². The average molecular weight is 250 g/mol. The Hall–Kier alpha value is 0. The van der Waals surface area contributed by atoms with Gasteiger partial charge in [0.05, 0.1) is 0 Å². The van der Waals surface area contributed by atoms with E-state index in [1.165, 1.54) is 38.5 Å². The fraction of sp³-hybridized carbons (Fsp3) is 1.00. The summed E-state index contributed by atoms with van der Waals surface area (Å²) in [5, 5.41) is 0. The van der Waals surface area contributed by atoms with Crippen LogP contribution in [0.3, 0.4) is 0 Å². The lowest BCUT2D eigenvalue weighted by molar-refractivity contribution is -0.102. The molecule has 2 aliphatic rings. The molecule has 6 atom stereocenters. The summed E-state index contributed by atoms with van der Waals surface area (Å²) in [6.07, 6.45) is 11.9. The fourth-order valence-electron chi connectivity index (χ4n) is 4.66. The summed E-state index contributed by atoms with van der Waals surface area (Å²) in [6, 6.07) is 0. The molecule has 0 N–H and O–H groups in total. The van der Waals surface area contributed by atoms with Crippen molar-refractivity contribution in [3.8, 4) is 0 Å². The predicted molar refractivity (Wildman–Crippen MR) is 80.6 cm³/mol. The van der Waals surface area contributed by atoms with E-state index in [9.17, 15) is 0 Å². The zero-order valence-corrected chi connectivity index (χ0v) is 13.1. The van der Waals surface area contributed by atoms with E-state index in [0.29, 0.717) is 0 Å². The van der Waals surface area contributed by atoms with Gasteiger partial charge in [0.2, 0.25) is 0 Å². The van der Waals surface area contributed by atoms with Crippen LogP contribution >= 0.6 is 0 Å². The lowest BCUT2D eigenvalue weighted by Crippen LogP contribution is -2.51. The molecule has 2 fully saturated rings. The molecule has 0 aromatic heterocycles. The molecule has 0 radical (unpaired) electrons. The van der Waals surface area contributed by atoms with E-state index in [1.807, 2.05) is 0 Å². The second kappa shape index (κ2) is 6.44. The topological polar surface area (TPSA) is 0 Å². The molecule has 0 heterocycles. The minimum atomic E-state index is 0.960. The predicted octanol–water partition coefficient (Wildman–Crippen LogP) is 5.91. The van der Waals surface area contributed by atoms with Gasteiger partial charge in [-0.1, -0.05) is 53.4 Å². The summed E-state index contributed by atoms with van der Waals surface area (Å²) >= 11 is 0. The molecular formula is C18H34. The lowest BCUT2D eigenvalue weighted by atomic mass is 9.46. The summed E-state index contributed by atoms with van der Waals surface area (Å²) in [4.78, 5) is 0. The normalized spacial score (nSPS) is 37.3. The van der Waals surface area contributed by atoms with E-state index >= 15 is 0 Å². The summed E-state index contributed by atoms with van der Waals surface area (Å²) in [6.45, 7) is 9.58. The van der Waals surface area contributed by atoms with Crippen LogP contribution in [-0.2, 0) is 0 Å². The van der Waals surface area contributed by atoms with Gasteiger partial charge in [-0.2, -0.15) is 0 Å². The number of rotatable bonds is 8. The number of hydrogen-bond acceptors (Lipinski definition) is 0. The SMILES string of the molecule is CCCC(C)CC1CC2CC(CCC(C)CC)C12. The van der Waals surface area contributed by atoms with E-state index in [-0.39, 0.29) is 0 Å². The van der Waals surface area contributed by atoms with Crippen molar-refractivity contribution in [2.75, 3.05) is 0 Å². The molecule has 0 bridgehead atoms. The molecule has 0 amide bonds. The third kappa shape index (κ3) is 3.11. The molecular weight excluding hydrogens is 216 g/mol. The first-order valence-electron chi connectivity index (χ1n) is 8.65. The molecule has 2 rings (SSSR count). The van der Waals surface area contributed by atoms with Gasteiger partial charge in [0.25, 0.3) is 0 Å². The maximum atomic E-state index is 2.48. The maximum Gasteiger partial charge on any atom is -0.0328 e. The first-order valence-corrected chi connectivity index (χ1v) is 8.65. The summed E-state index contributed by atoms with van der Waals surface area (Å²) in [5.41, 5.74) is 0. The van der Waals surface area contributed by atoms with Gasteiger partial charge in [-0.05, 0) is 61.2 Å². The largest absolute Gasteiger partial charge is 0.0654 e. The van der Waals surface area contributed by atoms with Crippen LogP contribution in [0, 0.1) is 35.5 Å². The van der Waals surface area contributed by atoms with E-state index in [0.717, 1.165) is 35.5 Å². The van der Waals surface area contributed by atoms with Gasteiger partial charge in [-0.3, -0.25) is 0 Å². The molecule has 0 saturated heterocycles. The molecule has 2 saturated carbocycles. The maximum absolute atomic E-state index is 2.48. The van der Waals surface area contributed by atoms with Gasteiger partial charge >= 0.3 is 0 Å². The van der Waals surface area contributed by atoms with Crippen LogP contribution < -0.4 is 0 Å². The smallest absolute Gasteiger partial charge is 0.0328 e. The van der Waals surface area contributed by atoms with Crippen molar-refractivity contribution in [3.05, 3.63) is 0 Å². The Morgan fingerprint density at radius 2 is 1.67 bits per heavy atom. The molecule has 0 heteroatoms. The van der Waals surface area contributed by atoms with Crippen LogP contribution in [0.5, 0.6) is 0 Å². The van der Waals surface area contributed by atoms with Crippen molar-refractivity contribution in [1.82, 2.24) is 0 Å². The Labute approximate surface area is 115 Å². The highest BCUT2D eigenvalue weighted by atomic mass is 14.6. The Bertz CT molecular complexity index is 244. The average Bonchev–Trinajstić information content (AvgIpc) is 2.32. The van der Waals surface area contributed by atoms with Gasteiger partial charge in [0.1, 0.15) is 0 Å². The number of hydrogen-bond donors (Lipinski definition) is 0. The van der Waals surface area contributed by atoms with E-state index in [1.54, 1.807) is 12.8 Å². The summed E-state index contributed by atoms with van der Waals surface area (Å²) in [7, 11) is 0. The molecule has 0 aliphatic heterocycles. The zero-order valence-electron chi connectivity index (χ0n) is 13.1. The third-order valence-electron chi connectivity index (χ3n) is 6.06. The third-order valence-corrected chi connectivity index (χ3v) is 6.06. The monoisotopic (exact) mass is 250 g/mol. The molecule has 2 aliphatic carbocycles. The zero-order chi connectivity index (χ0) is 13.1. The lowest BCUT2D eigenvalue weighted by Gasteiger charge is -2.59. The van der Waals surface area contributed by atoms with Gasteiger partial charge in [0.15, 0.2) is 0 Å². The molecule has 0 spiro atoms. The second-order valence-electron chi connectivity index (χ2n) is 7.55. The van der Waals surface area contributed by atoms with Gasteiger partial charge in [-0.25, -0.2) is 0 Å². The molecule has 106 valence electrons. The minimum Gasteiger partial charge on any atom is -0.0654 e. The van der Waals surface area contributed by atoms with Gasteiger partial charge < -0.3 is 0 Å². The van der Waals surface area contributed by atoms with E-state index in [2.05, 4.69) is 27.7 Å². The van der Waals surface area contributed by atoms with Crippen LogP contribution in [0.2, 0.25) is 0 Å². The molecule has 0 aromatic carbocycles. The van der Waals surface area contributed by atoms with Crippen molar-refractivity contribution in [2.24, 2.45) is 35.5 Å². The molecule has 18 heavy (non-hydrogen) atoms. The Morgan fingerprint density at radius 1 is 0.944 bits per heavy atom. The van der Waals surface area contributed by atoms with E-state index in [4.69, 9.17) is 0 Å². The van der Waals surface area contributed by atoms with Crippen LogP contribution in [0.15, 0.2) is 0 Å². The number of fused-ring (bicyclic) bond motifs is 1. The highest BCUT2D eigenvalue weighted by Crippen LogP contribution is 2.61. The van der Waals surface area contributed by atoms with Crippen molar-refractivity contribution >= 4 is 0 Å². The van der Waals surface area contributed by atoms with Crippen molar-refractivity contribution in [2.45, 2.75) is 79.1 Å². The minimum absolute atomic E-state index is 0.960. The fourth-order valence-corrected chi connectivity index (χ4v) is 4.66. The van der Waals surface area contributed by atoms with E-state index < -0.39 is 0 Å². The standard InChI is InChI=1S/C18H34/c1-5-7-14(4)10-16-12-17-11-15(18(16)17)9-8-13(3)6-2/h13-18H,5-12H2,1-4H3. The van der Waals surface area contributed by atoms with Crippen molar-refractivity contribution < 1.29 is 0 Å². The first kappa shape index (κ1) is 14.4. The van der Waals surface area contributed by atoms with Crippen LogP contribution in [0.4, 0.5) is 0 Å². The first-order chi connectivity index (χ1) is 8.65. The molecule has 0 aromatic rings. The van der Waals surface area contributed by atoms with Gasteiger partial charge in [0, 0.05) is 0 Å². The van der Waals surface area contributed by atoms with Gasteiger partial charge in [-0.15, -0.1) is 0 Å². The van der Waals surface area contributed by atoms with Crippen LogP contribution in [-0.4, -0.2) is 0 Å². The molecule has 6 unspecified atom stereocenters. The highest BCUT2D eigenvalue weighted by Gasteiger charge is 2.52. The Kier molecular flexibility index (Phi) is 5.15. The van der Waals surface area contributed by atoms with Crippen LogP contribution in [0.1, 0.15) is 79.1 Å². The van der Waals surface area contributed by atoms with Crippen molar-refractivity contribution in [1.29, 1.82) is 0 Å². The van der Waals surface area contributed by atoms with Crippen LogP contribution in [0.25, 0.3) is 0 Å². The second-order valence-corrected chi connectivity index (χ2v) is 7.55. The quantitative estimate of drug-likeness (QED) is 0.502.